The third-order valence-electron chi connectivity index (χ3n) is 12.1. The molecule has 1 heterocycles. The monoisotopic (exact) mass is 626 g/mol. The van der Waals surface area contributed by atoms with E-state index in [1.807, 2.05) is 6.08 Å². The van der Waals surface area contributed by atoms with Crippen molar-refractivity contribution in [3.05, 3.63) is 35.5 Å². The van der Waals surface area contributed by atoms with Crippen molar-refractivity contribution in [1.82, 2.24) is 0 Å². The molecule has 5 aliphatic rings. The minimum Gasteiger partial charge on any atom is -0.469 e. The lowest BCUT2D eigenvalue weighted by Crippen LogP contribution is -2.51. The molecular formula is C37H54O8. The van der Waals surface area contributed by atoms with Crippen molar-refractivity contribution in [2.75, 3.05) is 13.7 Å². The summed E-state index contributed by atoms with van der Waals surface area (Å²) in [7, 11) is 1.46. The highest BCUT2D eigenvalue weighted by Gasteiger charge is 2.58. The van der Waals surface area contributed by atoms with Crippen LogP contribution in [0, 0.1) is 34.5 Å². The quantitative estimate of drug-likeness (QED) is 0.111. The fraction of sp³-hybridized carbons (Fsp3) is 0.757. The summed E-state index contributed by atoms with van der Waals surface area (Å²) in [6.07, 6.45) is 18.4. The van der Waals surface area contributed by atoms with Gasteiger partial charge in [0.05, 0.1) is 13.2 Å². The Labute approximate surface area is 269 Å². The Balaban J connectivity index is 1.21. The number of carbonyl (C=O) groups is 3. The highest BCUT2D eigenvalue weighted by Crippen LogP contribution is 2.67. The van der Waals surface area contributed by atoms with E-state index in [2.05, 4.69) is 32.9 Å². The van der Waals surface area contributed by atoms with Crippen LogP contribution in [0.5, 0.6) is 0 Å². The SMILES string of the molecule is COC(=O)CCCC=C(C)C1CCC2C3CC=C4CC(OC5C=CC(OC(C)=O)C(COC(C)=O)O5)CCC4(C)C3CCC12C. The molecule has 45 heavy (non-hydrogen) atoms. The molecule has 5 rings (SSSR count). The number of rotatable bonds is 10. The summed E-state index contributed by atoms with van der Waals surface area (Å²) in [5.74, 6) is 1.90. The van der Waals surface area contributed by atoms with Crippen molar-refractivity contribution in [3.63, 3.8) is 0 Å². The molecule has 0 aromatic heterocycles. The van der Waals surface area contributed by atoms with Gasteiger partial charge >= 0.3 is 17.9 Å². The predicted molar refractivity (Wildman–Crippen MR) is 170 cm³/mol. The highest BCUT2D eigenvalue weighted by atomic mass is 16.7. The van der Waals surface area contributed by atoms with E-state index in [0.717, 1.165) is 50.4 Å². The Hall–Kier alpha value is -2.45. The second-order valence-corrected chi connectivity index (χ2v) is 14.7. The second kappa shape index (κ2) is 14.1. The zero-order chi connectivity index (χ0) is 32.4. The third-order valence-corrected chi connectivity index (χ3v) is 12.1. The number of ether oxygens (including phenoxy) is 5. The van der Waals surface area contributed by atoms with Crippen LogP contribution in [0.4, 0.5) is 0 Å². The molecule has 1 aliphatic heterocycles. The lowest BCUT2D eigenvalue weighted by atomic mass is 9.47. The van der Waals surface area contributed by atoms with Crippen molar-refractivity contribution < 1.29 is 38.1 Å². The molecule has 10 unspecified atom stereocenters. The molecule has 8 heteroatoms. The average molecular weight is 627 g/mol. The fourth-order valence-corrected chi connectivity index (χ4v) is 9.84. The maximum Gasteiger partial charge on any atom is 0.305 e. The number of carbonyl (C=O) groups excluding carboxylic acids is 3. The summed E-state index contributed by atoms with van der Waals surface area (Å²) >= 11 is 0. The maximum atomic E-state index is 11.6. The molecule has 0 N–H and O–H groups in total. The summed E-state index contributed by atoms with van der Waals surface area (Å²) in [6.45, 7) is 10.1. The van der Waals surface area contributed by atoms with Gasteiger partial charge in [-0.25, -0.2) is 0 Å². The standard InChI is InChI=1S/C37H54O8/c1-23(9-7-8-10-34(40)41-6)29-13-14-30-28-12-11-26-21-27(17-19-36(26,4)31(28)18-20-37(29,30)5)44-35-16-15-32(43-25(3)39)33(45-35)22-42-24(2)38/h9,11,15-16,27-33,35H,7-8,10,12-14,17-22H2,1-6H3. The van der Waals surface area contributed by atoms with E-state index >= 15 is 0 Å². The number of allylic oxidation sites excluding steroid dienone is 3. The minimum atomic E-state index is -0.618. The molecule has 3 saturated carbocycles. The first-order valence-corrected chi connectivity index (χ1v) is 17.2. The molecule has 0 amide bonds. The number of unbranched alkanes of at least 4 members (excludes halogenated alkanes) is 1. The Morgan fingerprint density at radius 3 is 2.53 bits per heavy atom. The molecule has 0 radical (unpaired) electrons. The van der Waals surface area contributed by atoms with Gasteiger partial charge in [0, 0.05) is 20.3 Å². The van der Waals surface area contributed by atoms with Crippen LogP contribution in [0.1, 0.15) is 105 Å². The molecule has 0 saturated heterocycles. The molecule has 8 nitrogen and oxygen atoms in total. The Morgan fingerprint density at radius 1 is 1.00 bits per heavy atom. The molecule has 0 spiro atoms. The van der Waals surface area contributed by atoms with Gasteiger partial charge in [-0.2, -0.15) is 0 Å². The first-order chi connectivity index (χ1) is 21.4. The second-order valence-electron chi connectivity index (χ2n) is 14.7. The molecule has 250 valence electrons. The summed E-state index contributed by atoms with van der Waals surface area (Å²) in [5.41, 5.74) is 3.63. The molecule has 4 aliphatic carbocycles. The van der Waals surface area contributed by atoms with Crippen LogP contribution in [0.2, 0.25) is 0 Å². The van der Waals surface area contributed by atoms with Crippen LogP contribution in [0.15, 0.2) is 35.5 Å². The summed E-state index contributed by atoms with van der Waals surface area (Å²) in [5, 5.41) is 0. The lowest BCUT2D eigenvalue weighted by molar-refractivity contribution is -0.213. The van der Waals surface area contributed by atoms with Gasteiger partial charge in [0.15, 0.2) is 6.29 Å². The number of hydrogen-bond donors (Lipinski definition) is 0. The zero-order valence-corrected chi connectivity index (χ0v) is 28.2. The Morgan fingerprint density at radius 2 is 1.80 bits per heavy atom. The number of hydrogen-bond acceptors (Lipinski definition) is 8. The van der Waals surface area contributed by atoms with Crippen molar-refractivity contribution in [3.8, 4) is 0 Å². The van der Waals surface area contributed by atoms with Gasteiger partial charge in [-0.05, 0) is 118 Å². The first kappa shape index (κ1) is 33.9. The Bertz CT molecular complexity index is 1200. The van der Waals surface area contributed by atoms with E-state index in [0.29, 0.717) is 23.7 Å². The topological polar surface area (TPSA) is 97.4 Å². The molecule has 3 fully saturated rings. The van der Waals surface area contributed by atoms with Crippen LogP contribution in [-0.2, 0) is 38.1 Å². The molecule has 0 bridgehead atoms. The van der Waals surface area contributed by atoms with E-state index in [9.17, 15) is 14.4 Å². The largest absolute Gasteiger partial charge is 0.469 e. The predicted octanol–water partition coefficient (Wildman–Crippen LogP) is 7.02. The molecule has 0 aromatic carbocycles. The maximum absolute atomic E-state index is 11.6. The van der Waals surface area contributed by atoms with Gasteiger partial charge in [0.1, 0.15) is 18.8 Å². The van der Waals surface area contributed by atoms with Gasteiger partial charge in [0.25, 0.3) is 0 Å². The van der Waals surface area contributed by atoms with E-state index in [4.69, 9.17) is 23.7 Å². The van der Waals surface area contributed by atoms with Crippen molar-refractivity contribution >= 4 is 17.9 Å². The van der Waals surface area contributed by atoms with Gasteiger partial charge < -0.3 is 23.7 Å². The lowest BCUT2D eigenvalue weighted by Gasteiger charge is -2.58. The van der Waals surface area contributed by atoms with Crippen molar-refractivity contribution in [2.24, 2.45) is 34.5 Å². The number of esters is 3. The third kappa shape index (κ3) is 7.27. The van der Waals surface area contributed by atoms with Gasteiger partial charge in [0.2, 0.25) is 0 Å². The fourth-order valence-electron chi connectivity index (χ4n) is 9.84. The van der Waals surface area contributed by atoms with Gasteiger partial charge in [-0.3, -0.25) is 14.4 Å². The van der Waals surface area contributed by atoms with Crippen LogP contribution >= 0.6 is 0 Å². The van der Waals surface area contributed by atoms with Gasteiger partial charge in [-0.15, -0.1) is 0 Å². The highest BCUT2D eigenvalue weighted by molar-refractivity contribution is 5.69. The van der Waals surface area contributed by atoms with Crippen LogP contribution in [0.25, 0.3) is 0 Å². The van der Waals surface area contributed by atoms with E-state index < -0.39 is 30.4 Å². The summed E-state index contributed by atoms with van der Waals surface area (Å²) in [4.78, 5) is 34.5. The number of fused-ring (bicyclic) bond motifs is 5. The van der Waals surface area contributed by atoms with Gasteiger partial charge in [-0.1, -0.05) is 37.1 Å². The molecule has 0 aromatic rings. The summed E-state index contributed by atoms with van der Waals surface area (Å²) in [6, 6.07) is 0. The van der Waals surface area contributed by atoms with E-state index in [1.54, 1.807) is 11.6 Å². The summed E-state index contributed by atoms with van der Waals surface area (Å²) < 4.78 is 28.0. The smallest absolute Gasteiger partial charge is 0.305 e. The van der Waals surface area contributed by atoms with E-state index in [1.165, 1.54) is 52.2 Å². The van der Waals surface area contributed by atoms with Crippen molar-refractivity contribution in [2.45, 2.75) is 130 Å². The average Bonchev–Trinajstić information content (AvgIpc) is 3.36. The number of methoxy groups -OCH3 is 1. The zero-order valence-electron chi connectivity index (χ0n) is 28.2. The van der Waals surface area contributed by atoms with E-state index in [-0.39, 0.29) is 24.1 Å². The molecular weight excluding hydrogens is 572 g/mol. The first-order valence-electron chi connectivity index (χ1n) is 17.2. The van der Waals surface area contributed by atoms with Crippen LogP contribution in [-0.4, -0.2) is 56.2 Å². The molecule has 10 atom stereocenters. The van der Waals surface area contributed by atoms with Crippen LogP contribution < -0.4 is 0 Å². The van der Waals surface area contributed by atoms with Crippen molar-refractivity contribution in [1.29, 1.82) is 0 Å². The van der Waals surface area contributed by atoms with Crippen LogP contribution in [0.3, 0.4) is 0 Å². The normalized spacial score (nSPS) is 39.2. The minimum absolute atomic E-state index is 0.0000934. The Kier molecular flexibility index (Phi) is 10.6.